The van der Waals surface area contributed by atoms with E-state index < -0.39 is 5.91 Å². The number of carbonyl (C=O) groups is 1. The summed E-state index contributed by atoms with van der Waals surface area (Å²) in [7, 11) is 1.63. The Morgan fingerprint density at radius 1 is 1.41 bits per heavy atom. The standard InChI is InChI=1S/C19H19NO2/c1-11-9-13-5-4-6-14(16(13)10-11)18-12(2)17(22-3)8-7-15(18)19(20)21/h4-8,10,17H,2,9H2,1,3H3,(H2,20,21). The van der Waals surface area contributed by atoms with Gasteiger partial charge in [-0.1, -0.05) is 42.5 Å². The fourth-order valence-corrected chi connectivity index (χ4v) is 3.20. The van der Waals surface area contributed by atoms with Crippen LogP contribution in [0.2, 0.25) is 0 Å². The van der Waals surface area contributed by atoms with Crippen LogP contribution in [0.5, 0.6) is 0 Å². The molecule has 0 saturated carbocycles. The third-order valence-electron chi connectivity index (χ3n) is 4.22. The number of methoxy groups -OCH3 is 1. The molecule has 2 N–H and O–H groups in total. The van der Waals surface area contributed by atoms with Crippen LogP contribution in [0.15, 0.2) is 53.6 Å². The van der Waals surface area contributed by atoms with Crippen LogP contribution < -0.4 is 5.73 Å². The van der Waals surface area contributed by atoms with Crippen molar-refractivity contribution in [3.63, 3.8) is 0 Å². The zero-order chi connectivity index (χ0) is 15.9. The molecule has 1 aromatic rings. The number of ether oxygens (including phenoxy) is 1. The molecule has 0 saturated heterocycles. The Hall–Kier alpha value is -2.39. The van der Waals surface area contributed by atoms with Crippen molar-refractivity contribution >= 4 is 17.6 Å². The molecule has 112 valence electrons. The number of hydrogen-bond acceptors (Lipinski definition) is 2. The van der Waals surface area contributed by atoms with Crippen molar-refractivity contribution in [2.45, 2.75) is 19.4 Å². The number of carbonyl (C=O) groups excluding carboxylic acids is 1. The maximum atomic E-state index is 11.9. The van der Waals surface area contributed by atoms with E-state index in [0.717, 1.165) is 28.7 Å². The average molecular weight is 293 g/mol. The van der Waals surface area contributed by atoms with Gasteiger partial charge in [-0.25, -0.2) is 0 Å². The van der Waals surface area contributed by atoms with Crippen LogP contribution in [0.25, 0.3) is 11.6 Å². The summed E-state index contributed by atoms with van der Waals surface area (Å²) < 4.78 is 5.44. The van der Waals surface area contributed by atoms with Crippen LogP contribution in [-0.2, 0) is 16.0 Å². The summed E-state index contributed by atoms with van der Waals surface area (Å²) in [4.78, 5) is 11.9. The molecule has 3 rings (SSSR count). The molecule has 0 radical (unpaired) electrons. The first-order valence-corrected chi connectivity index (χ1v) is 7.26. The summed E-state index contributed by atoms with van der Waals surface area (Å²) in [6.07, 6.45) is 6.43. The van der Waals surface area contributed by atoms with Crippen LogP contribution in [-0.4, -0.2) is 19.1 Å². The van der Waals surface area contributed by atoms with Crippen molar-refractivity contribution in [2.75, 3.05) is 7.11 Å². The van der Waals surface area contributed by atoms with Crippen molar-refractivity contribution < 1.29 is 9.53 Å². The Morgan fingerprint density at radius 3 is 2.86 bits per heavy atom. The van der Waals surface area contributed by atoms with E-state index in [0.29, 0.717) is 5.57 Å². The monoisotopic (exact) mass is 293 g/mol. The van der Waals surface area contributed by atoms with Gasteiger partial charge in [0.15, 0.2) is 0 Å². The fraction of sp³-hybridized carbons (Fsp3) is 0.211. The molecule has 0 heterocycles. The van der Waals surface area contributed by atoms with E-state index in [1.54, 1.807) is 13.2 Å². The Balaban J connectivity index is 2.24. The molecular formula is C19H19NO2. The number of primary amides is 1. The summed E-state index contributed by atoms with van der Waals surface area (Å²) in [6, 6.07) is 6.15. The Morgan fingerprint density at radius 2 is 2.18 bits per heavy atom. The van der Waals surface area contributed by atoms with Gasteiger partial charge in [0, 0.05) is 18.3 Å². The molecule has 2 aliphatic rings. The third-order valence-corrected chi connectivity index (χ3v) is 4.22. The SMILES string of the molecule is C=C1C(c2cccc3c2C=C(C)C3)=C(C(N)=O)C=CC1OC. The van der Waals surface area contributed by atoms with Crippen molar-refractivity contribution in [3.05, 3.63) is 70.3 Å². The zero-order valence-corrected chi connectivity index (χ0v) is 12.8. The number of fused-ring (bicyclic) bond motifs is 1. The van der Waals surface area contributed by atoms with Gasteiger partial charge in [0.1, 0.15) is 6.10 Å². The number of benzene rings is 1. The Bertz CT molecular complexity index is 766. The highest BCUT2D eigenvalue weighted by molar-refractivity contribution is 6.08. The molecule has 1 amide bonds. The van der Waals surface area contributed by atoms with E-state index in [4.69, 9.17) is 10.5 Å². The van der Waals surface area contributed by atoms with Crippen molar-refractivity contribution in [1.29, 1.82) is 0 Å². The van der Waals surface area contributed by atoms with Gasteiger partial charge in [0.05, 0.1) is 0 Å². The quantitative estimate of drug-likeness (QED) is 0.931. The van der Waals surface area contributed by atoms with Crippen molar-refractivity contribution in [1.82, 2.24) is 0 Å². The minimum Gasteiger partial charge on any atom is -0.373 e. The molecule has 2 aliphatic carbocycles. The molecule has 1 unspecified atom stereocenters. The second kappa shape index (κ2) is 5.43. The van der Waals surface area contributed by atoms with Gasteiger partial charge < -0.3 is 10.5 Å². The Kier molecular flexibility index (Phi) is 3.59. The number of allylic oxidation sites excluding steroid dienone is 1. The number of hydrogen-bond donors (Lipinski definition) is 1. The Labute approximate surface area is 130 Å². The first-order chi connectivity index (χ1) is 10.5. The van der Waals surface area contributed by atoms with Crippen LogP contribution in [0.4, 0.5) is 0 Å². The van der Waals surface area contributed by atoms with Crippen LogP contribution in [0.3, 0.4) is 0 Å². The molecule has 0 bridgehead atoms. The number of rotatable bonds is 3. The number of nitrogens with two attached hydrogens (primary N) is 1. The second-order valence-corrected chi connectivity index (χ2v) is 5.74. The lowest BCUT2D eigenvalue weighted by molar-refractivity contribution is -0.114. The predicted molar refractivity (Wildman–Crippen MR) is 89.0 cm³/mol. The summed E-state index contributed by atoms with van der Waals surface area (Å²) in [5.74, 6) is -0.446. The van der Waals surface area contributed by atoms with Gasteiger partial charge >= 0.3 is 0 Å². The highest BCUT2D eigenvalue weighted by atomic mass is 16.5. The molecule has 1 aromatic carbocycles. The van der Waals surface area contributed by atoms with Gasteiger partial charge in [-0.15, -0.1) is 0 Å². The largest absolute Gasteiger partial charge is 0.373 e. The topological polar surface area (TPSA) is 52.3 Å². The van der Waals surface area contributed by atoms with Crippen LogP contribution >= 0.6 is 0 Å². The summed E-state index contributed by atoms with van der Waals surface area (Å²) >= 11 is 0. The minimum atomic E-state index is -0.446. The van der Waals surface area contributed by atoms with Crippen LogP contribution in [0, 0.1) is 0 Å². The van der Waals surface area contributed by atoms with Gasteiger partial charge in [0.2, 0.25) is 5.91 Å². The highest BCUT2D eigenvalue weighted by Gasteiger charge is 2.27. The van der Waals surface area contributed by atoms with E-state index >= 15 is 0 Å². The maximum Gasteiger partial charge on any atom is 0.249 e. The van der Waals surface area contributed by atoms with Gasteiger partial charge in [-0.05, 0) is 41.7 Å². The molecule has 1 atom stereocenters. The highest BCUT2D eigenvalue weighted by Crippen LogP contribution is 2.39. The third kappa shape index (κ3) is 2.24. The molecule has 3 heteroatoms. The van der Waals surface area contributed by atoms with E-state index in [2.05, 4.69) is 25.6 Å². The predicted octanol–water partition coefficient (Wildman–Crippen LogP) is 3.03. The van der Waals surface area contributed by atoms with E-state index in [-0.39, 0.29) is 6.10 Å². The zero-order valence-electron chi connectivity index (χ0n) is 12.8. The molecule has 0 aliphatic heterocycles. The van der Waals surface area contributed by atoms with E-state index in [1.807, 2.05) is 18.2 Å². The minimum absolute atomic E-state index is 0.236. The lowest BCUT2D eigenvalue weighted by Crippen LogP contribution is -2.22. The van der Waals surface area contributed by atoms with Crippen molar-refractivity contribution in [2.24, 2.45) is 5.73 Å². The number of amides is 1. The molecule has 0 aromatic heterocycles. The smallest absolute Gasteiger partial charge is 0.249 e. The molecule has 0 spiro atoms. The van der Waals surface area contributed by atoms with Gasteiger partial charge in [-0.2, -0.15) is 0 Å². The second-order valence-electron chi connectivity index (χ2n) is 5.74. The molecule has 22 heavy (non-hydrogen) atoms. The maximum absolute atomic E-state index is 11.9. The van der Waals surface area contributed by atoms with Crippen molar-refractivity contribution in [3.8, 4) is 0 Å². The lowest BCUT2D eigenvalue weighted by Gasteiger charge is -2.25. The summed E-state index contributed by atoms with van der Waals surface area (Å²) in [5.41, 5.74) is 12.4. The first kappa shape index (κ1) is 14.5. The first-order valence-electron chi connectivity index (χ1n) is 7.26. The van der Waals surface area contributed by atoms with Gasteiger partial charge in [0.25, 0.3) is 0 Å². The van der Waals surface area contributed by atoms with E-state index in [9.17, 15) is 4.79 Å². The fourth-order valence-electron chi connectivity index (χ4n) is 3.20. The summed E-state index contributed by atoms with van der Waals surface area (Å²) in [6.45, 7) is 6.25. The molecule has 0 fully saturated rings. The normalized spacial score (nSPS) is 20.2. The average Bonchev–Trinajstić information content (AvgIpc) is 2.87. The molecule has 3 nitrogen and oxygen atoms in total. The molecular weight excluding hydrogens is 274 g/mol. The van der Waals surface area contributed by atoms with Crippen LogP contribution in [0.1, 0.15) is 23.6 Å². The van der Waals surface area contributed by atoms with Gasteiger partial charge in [-0.3, -0.25) is 4.79 Å². The lowest BCUT2D eigenvalue weighted by atomic mass is 9.83. The van der Waals surface area contributed by atoms with E-state index in [1.165, 1.54) is 11.1 Å². The summed E-state index contributed by atoms with van der Waals surface area (Å²) in [5, 5.41) is 0.